The van der Waals surface area contributed by atoms with Crippen molar-refractivity contribution in [2.75, 3.05) is 7.11 Å². The van der Waals surface area contributed by atoms with E-state index >= 15 is 0 Å². The predicted octanol–water partition coefficient (Wildman–Crippen LogP) is 2.23. The SMILES string of the molecule is COc1ccc(Br)cc1CC(=O)NC(C(=O)O)C(C)C. The molecular formula is C14H18BrNO4. The summed E-state index contributed by atoms with van der Waals surface area (Å²) in [6.07, 6.45) is 0.0686. The molecule has 0 spiro atoms. The number of amides is 1. The van der Waals surface area contributed by atoms with Crippen LogP contribution in [0.1, 0.15) is 19.4 Å². The van der Waals surface area contributed by atoms with Gasteiger partial charge >= 0.3 is 5.97 Å². The fraction of sp³-hybridized carbons (Fsp3) is 0.429. The summed E-state index contributed by atoms with van der Waals surface area (Å²) in [5.74, 6) is -0.960. The molecule has 2 N–H and O–H groups in total. The van der Waals surface area contributed by atoms with Crippen LogP contribution in [0, 0.1) is 5.92 Å². The van der Waals surface area contributed by atoms with E-state index in [2.05, 4.69) is 21.2 Å². The van der Waals surface area contributed by atoms with Gasteiger partial charge in [0.15, 0.2) is 0 Å². The first-order chi connectivity index (χ1) is 9.35. The minimum absolute atomic E-state index is 0.0686. The molecule has 1 aromatic rings. The predicted molar refractivity (Wildman–Crippen MR) is 78.8 cm³/mol. The molecule has 0 bridgehead atoms. The molecule has 0 aromatic heterocycles. The second kappa shape index (κ2) is 7.28. The zero-order chi connectivity index (χ0) is 15.3. The summed E-state index contributed by atoms with van der Waals surface area (Å²) in [6, 6.07) is 4.46. The number of aliphatic carboxylic acids is 1. The van der Waals surface area contributed by atoms with Crippen LogP contribution < -0.4 is 10.1 Å². The first-order valence-corrected chi connectivity index (χ1v) is 6.99. The van der Waals surface area contributed by atoms with Crippen LogP contribution >= 0.6 is 15.9 Å². The Labute approximate surface area is 126 Å². The monoisotopic (exact) mass is 343 g/mol. The number of ether oxygens (including phenoxy) is 1. The zero-order valence-corrected chi connectivity index (χ0v) is 13.2. The maximum Gasteiger partial charge on any atom is 0.326 e. The number of methoxy groups -OCH3 is 1. The molecule has 0 saturated carbocycles. The van der Waals surface area contributed by atoms with E-state index in [4.69, 9.17) is 9.84 Å². The lowest BCUT2D eigenvalue weighted by Crippen LogP contribution is -2.44. The Hall–Kier alpha value is -1.56. The number of hydrogen-bond donors (Lipinski definition) is 2. The summed E-state index contributed by atoms with van der Waals surface area (Å²) < 4.78 is 6.02. The number of carboxylic acid groups (broad SMARTS) is 1. The molecule has 110 valence electrons. The second-order valence-electron chi connectivity index (χ2n) is 4.76. The average molecular weight is 344 g/mol. The summed E-state index contributed by atoms with van der Waals surface area (Å²) in [7, 11) is 1.53. The van der Waals surface area contributed by atoms with Gasteiger partial charge in [0.25, 0.3) is 0 Å². The van der Waals surface area contributed by atoms with Crippen LogP contribution in [-0.4, -0.2) is 30.1 Å². The second-order valence-corrected chi connectivity index (χ2v) is 5.68. The summed E-state index contributed by atoms with van der Waals surface area (Å²) >= 11 is 3.33. The molecule has 1 amide bonds. The molecule has 0 saturated heterocycles. The van der Waals surface area contributed by atoms with E-state index in [9.17, 15) is 9.59 Å². The lowest BCUT2D eigenvalue weighted by molar-refractivity contribution is -0.143. The van der Waals surface area contributed by atoms with Crippen molar-refractivity contribution in [3.63, 3.8) is 0 Å². The van der Waals surface area contributed by atoms with E-state index < -0.39 is 12.0 Å². The van der Waals surface area contributed by atoms with Crippen LogP contribution in [0.4, 0.5) is 0 Å². The van der Waals surface area contributed by atoms with Crippen molar-refractivity contribution in [2.45, 2.75) is 26.3 Å². The van der Waals surface area contributed by atoms with Crippen LogP contribution in [0.15, 0.2) is 22.7 Å². The number of carbonyl (C=O) groups excluding carboxylic acids is 1. The topological polar surface area (TPSA) is 75.6 Å². The molecule has 1 atom stereocenters. The van der Waals surface area contributed by atoms with Crippen molar-refractivity contribution in [1.82, 2.24) is 5.32 Å². The highest BCUT2D eigenvalue weighted by molar-refractivity contribution is 9.10. The van der Waals surface area contributed by atoms with E-state index in [0.29, 0.717) is 11.3 Å². The summed E-state index contributed by atoms with van der Waals surface area (Å²) in [4.78, 5) is 23.0. The number of carbonyl (C=O) groups is 2. The maximum absolute atomic E-state index is 12.0. The number of halogens is 1. The molecule has 6 heteroatoms. The normalized spacial score (nSPS) is 12.1. The minimum atomic E-state index is -1.03. The highest BCUT2D eigenvalue weighted by atomic mass is 79.9. The standard InChI is InChI=1S/C14H18BrNO4/c1-8(2)13(14(18)19)16-12(17)7-9-6-10(15)4-5-11(9)20-3/h4-6,8,13H,7H2,1-3H3,(H,16,17)(H,18,19). The van der Waals surface area contributed by atoms with Gasteiger partial charge in [0.2, 0.25) is 5.91 Å². The summed E-state index contributed by atoms with van der Waals surface area (Å²) in [6.45, 7) is 3.50. The number of benzene rings is 1. The molecule has 0 fully saturated rings. The average Bonchev–Trinajstić information content (AvgIpc) is 2.35. The fourth-order valence-electron chi connectivity index (χ4n) is 1.80. The van der Waals surface area contributed by atoms with Crippen molar-refractivity contribution in [2.24, 2.45) is 5.92 Å². The van der Waals surface area contributed by atoms with E-state index in [1.807, 2.05) is 6.07 Å². The lowest BCUT2D eigenvalue weighted by atomic mass is 10.0. The van der Waals surface area contributed by atoms with Gasteiger partial charge in [-0.05, 0) is 24.1 Å². The molecule has 5 nitrogen and oxygen atoms in total. The van der Waals surface area contributed by atoms with Crippen molar-refractivity contribution in [1.29, 1.82) is 0 Å². The third-order valence-electron chi connectivity index (χ3n) is 2.84. The Morgan fingerprint density at radius 1 is 1.40 bits per heavy atom. The third kappa shape index (κ3) is 4.52. The van der Waals surface area contributed by atoms with Gasteiger partial charge < -0.3 is 15.2 Å². The molecule has 0 aliphatic rings. The van der Waals surface area contributed by atoms with Gasteiger partial charge in [0.05, 0.1) is 13.5 Å². The largest absolute Gasteiger partial charge is 0.496 e. The van der Waals surface area contributed by atoms with E-state index in [-0.39, 0.29) is 18.2 Å². The van der Waals surface area contributed by atoms with Crippen LogP contribution in [0.5, 0.6) is 5.75 Å². The number of nitrogens with one attached hydrogen (secondary N) is 1. The first kappa shape index (κ1) is 16.5. The summed E-state index contributed by atoms with van der Waals surface area (Å²) in [5.41, 5.74) is 0.701. The van der Waals surface area contributed by atoms with Gasteiger partial charge in [-0.15, -0.1) is 0 Å². The van der Waals surface area contributed by atoms with Crippen molar-refractivity contribution < 1.29 is 19.4 Å². The Morgan fingerprint density at radius 3 is 2.55 bits per heavy atom. The molecule has 20 heavy (non-hydrogen) atoms. The Bertz CT molecular complexity index is 502. The van der Waals surface area contributed by atoms with Gasteiger partial charge in [-0.3, -0.25) is 4.79 Å². The highest BCUT2D eigenvalue weighted by Gasteiger charge is 2.23. The van der Waals surface area contributed by atoms with Crippen LogP contribution in [0.25, 0.3) is 0 Å². The van der Waals surface area contributed by atoms with Crippen molar-refractivity contribution in [3.05, 3.63) is 28.2 Å². The summed E-state index contributed by atoms with van der Waals surface area (Å²) in [5, 5.41) is 11.6. The van der Waals surface area contributed by atoms with Gasteiger partial charge in [0, 0.05) is 10.0 Å². The molecule has 1 rings (SSSR count). The van der Waals surface area contributed by atoms with Gasteiger partial charge in [-0.2, -0.15) is 0 Å². The van der Waals surface area contributed by atoms with Crippen LogP contribution in [-0.2, 0) is 16.0 Å². The Kier molecular flexibility index (Phi) is 6.01. The molecule has 0 aliphatic carbocycles. The molecule has 0 radical (unpaired) electrons. The smallest absolute Gasteiger partial charge is 0.326 e. The molecule has 0 heterocycles. The van der Waals surface area contributed by atoms with Gasteiger partial charge in [-0.1, -0.05) is 29.8 Å². The first-order valence-electron chi connectivity index (χ1n) is 6.19. The number of rotatable bonds is 6. The fourth-order valence-corrected chi connectivity index (χ4v) is 2.20. The lowest BCUT2D eigenvalue weighted by Gasteiger charge is -2.18. The Morgan fingerprint density at radius 2 is 2.05 bits per heavy atom. The van der Waals surface area contributed by atoms with E-state index in [0.717, 1.165) is 4.47 Å². The molecular weight excluding hydrogens is 326 g/mol. The number of carboxylic acids is 1. The van der Waals surface area contributed by atoms with Crippen molar-refractivity contribution >= 4 is 27.8 Å². The number of hydrogen-bond acceptors (Lipinski definition) is 3. The zero-order valence-electron chi connectivity index (χ0n) is 11.6. The van der Waals surface area contributed by atoms with Crippen molar-refractivity contribution in [3.8, 4) is 5.75 Å². The van der Waals surface area contributed by atoms with E-state index in [1.54, 1.807) is 26.0 Å². The van der Waals surface area contributed by atoms with Gasteiger partial charge in [0.1, 0.15) is 11.8 Å². The molecule has 1 unspecified atom stereocenters. The molecule has 1 aromatic carbocycles. The third-order valence-corrected chi connectivity index (χ3v) is 3.34. The minimum Gasteiger partial charge on any atom is -0.496 e. The highest BCUT2D eigenvalue weighted by Crippen LogP contribution is 2.23. The van der Waals surface area contributed by atoms with Crippen LogP contribution in [0.2, 0.25) is 0 Å². The van der Waals surface area contributed by atoms with E-state index in [1.165, 1.54) is 7.11 Å². The molecule has 0 aliphatic heterocycles. The van der Waals surface area contributed by atoms with Crippen LogP contribution in [0.3, 0.4) is 0 Å². The Balaban J connectivity index is 2.80. The maximum atomic E-state index is 12.0. The quantitative estimate of drug-likeness (QED) is 0.830. The van der Waals surface area contributed by atoms with Gasteiger partial charge in [-0.25, -0.2) is 4.79 Å².